The molecule has 0 aromatic heterocycles. The molecule has 0 atom stereocenters. The summed E-state index contributed by atoms with van der Waals surface area (Å²) < 4.78 is 38.0. The summed E-state index contributed by atoms with van der Waals surface area (Å²) in [4.78, 5) is 12.7. The van der Waals surface area contributed by atoms with Gasteiger partial charge in [-0.2, -0.15) is 9.41 Å². The molecule has 0 aliphatic carbocycles. The van der Waals surface area contributed by atoms with Gasteiger partial charge in [-0.1, -0.05) is 6.07 Å². The van der Waals surface area contributed by atoms with E-state index in [9.17, 15) is 13.2 Å². The number of nitrogens with one attached hydrogen (secondary N) is 1. The lowest BCUT2D eigenvalue weighted by molar-refractivity contribution is 0.0954. The predicted octanol–water partition coefficient (Wildman–Crippen LogP) is 2.40. The maximum atomic E-state index is 12.7. The van der Waals surface area contributed by atoms with Crippen molar-refractivity contribution in [1.29, 1.82) is 0 Å². The monoisotopic (exact) mass is 429 g/mol. The quantitative estimate of drug-likeness (QED) is 0.581. The van der Waals surface area contributed by atoms with Gasteiger partial charge in [0.2, 0.25) is 10.0 Å². The number of hydrogen-bond donors (Lipinski definition) is 1. The van der Waals surface area contributed by atoms with Gasteiger partial charge >= 0.3 is 0 Å². The third kappa shape index (κ3) is 4.17. The van der Waals surface area contributed by atoms with Crippen molar-refractivity contribution >= 4 is 21.6 Å². The SMILES string of the molecule is C/C(=N/NC(=O)c1cccc(S(=O)(=O)N2CCCC2)c1)c1ccc2c(c1)OCCO2. The molecule has 0 bridgehead atoms. The second-order valence-corrected chi connectivity index (χ2v) is 9.07. The summed E-state index contributed by atoms with van der Waals surface area (Å²) in [5, 5.41) is 4.15. The van der Waals surface area contributed by atoms with Crippen molar-refractivity contribution in [1.82, 2.24) is 9.73 Å². The highest BCUT2D eigenvalue weighted by molar-refractivity contribution is 7.89. The molecule has 0 radical (unpaired) electrons. The van der Waals surface area contributed by atoms with E-state index in [1.165, 1.54) is 16.4 Å². The highest BCUT2D eigenvalue weighted by Gasteiger charge is 2.27. The lowest BCUT2D eigenvalue weighted by Gasteiger charge is -2.18. The third-order valence-corrected chi connectivity index (χ3v) is 6.98. The normalized spacial score (nSPS) is 17.0. The molecule has 0 unspecified atom stereocenters. The third-order valence-electron chi connectivity index (χ3n) is 5.08. The maximum Gasteiger partial charge on any atom is 0.271 e. The average molecular weight is 429 g/mol. The fourth-order valence-electron chi connectivity index (χ4n) is 3.41. The molecule has 2 aromatic rings. The minimum absolute atomic E-state index is 0.115. The zero-order valence-electron chi connectivity index (χ0n) is 16.6. The van der Waals surface area contributed by atoms with Gasteiger partial charge < -0.3 is 9.47 Å². The van der Waals surface area contributed by atoms with Gasteiger partial charge in [-0.15, -0.1) is 0 Å². The summed E-state index contributed by atoms with van der Waals surface area (Å²) in [5.41, 5.74) is 4.09. The summed E-state index contributed by atoms with van der Waals surface area (Å²) in [5.74, 6) is 0.836. The first kappa shape index (κ1) is 20.4. The average Bonchev–Trinajstić information content (AvgIpc) is 3.33. The van der Waals surface area contributed by atoms with Gasteiger partial charge in [0.15, 0.2) is 11.5 Å². The molecule has 8 nitrogen and oxygen atoms in total. The van der Waals surface area contributed by atoms with Crippen LogP contribution in [0.15, 0.2) is 52.5 Å². The van der Waals surface area contributed by atoms with E-state index in [4.69, 9.17) is 9.47 Å². The molecule has 2 heterocycles. The topological polar surface area (TPSA) is 97.3 Å². The fraction of sp³-hybridized carbons (Fsp3) is 0.333. The van der Waals surface area contributed by atoms with Gasteiger partial charge in [0, 0.05) is 24.2 Å². The van der Waals surface area contributed by atoms with Crippen LogP contribution in [-0.2, 0) is 10.0 Å². The van der Waals surface area contributed by atoms with Gasteiger partial charge in [-0.05, 0) is 56.2 Å². The molecule has 0 saturated carbocycles. The predicted molar refractivity (Wildman–Crippen MR) is 112 cm³/mol. The van der Waals surface area contributed by atoms with Crippen molar-refractivity contribution in [2.45, 2.75) is 24.7 Å². The van der Waals surface area contributed by atoms with Crippen molar-refractivity contribution in [2.75, 3.05) is 26.3 Å². The van der Waals surface area contributed by atoms with Crippen LogP contribution in [0, 0.1) is 0 Å². The van der Waals surface area contributed by atoms with Crippen LogP contribution in [0.25, 0.3) is 0 Å². The highest BCUT2D eigenvalue weighted by Crippen LogP contribution is 2.30. The van der Waals surface area contributed by atoms with Crippen molar-refractivity contribution in [3.63, 3.8) is 0 Å². The number of amides is 1. The molecule has 1 N–H and O–H groups in total. The molecule has 2 aromatic carbocycles. The van der Waals surface area contributed by atoms with Crippen LogP contribution in [-0.4, -0.2) is 50.6 Å². The lowest BCUT2D eigenvalue weighted by atomic mass is 10.1. The number of rotatable bonds is 5. The van der Waals surface area contributed by atoms with E-state index >= 15 is 0 Å². The van der Waals surface area contributed by atoms with Crippen molar-refractivity contribution in [2.24, 2.45) is 5.10 Å². The lowest BCUT2D eigenvalue weighted by Crippen LogP contribution is -2.28. The molecule has 158 valence electrons. The molecule has 1 saturated heterocycles. The van der Waals surface area contributed by atoms with Crippen LogP contribution in [0.3, 0.4) is 0 Å². The number of ether oxygens (including phenoxy) is 2. The number of benzene rings is 2. The molecule has 4 rings (SSSR count). The van der Waals surface area contributed by atoms with Crippen LogP contribution in [0.5, 0.6) is 11.5 Å². The van der Waals surface area contributed by atoms with Gasteiger partial charge in [0.25, 0.3) is 5.91 Å². The Bertz CT molecular complexity index is 1090. The first-order valence-electron chi connectivity index (χ1n) is 9.80. The summed E-state index contributed by atoms with van der Waals surface area (Å²) >= 11 is 0. The van der Waals surface area contributed by atoms with Crippen LogP contribution < -0.4 is 14.9 Å². The Morgan fingerprint density at radius 1 is 1.00 bits per heavy atom. The van der Waals surface area contributed by atoms with E-state index in [-0.39, 0.29) is 10.5 Å². The molecule has 30 heavy (non-hydrogen) atoms. The largest absolute Gasteiger partial charge is 0.486 e. The van der Waals surface area contributed by atoms with Gasteiger partial charge in [-0.25, -0.2) is 13.8 Å². The van der Waals surface area contributed by atoms with Crippen LogP contribution >= 0.6 is 0 Å². The van der Waals surface area contributed by atoms with Gasteiger partial charge in [-0.3, -0.25) is 4.79 Å². The van der Waals surface area contributed by atoms with Crippen LogP contribution in [0.4, 0.5) is 0 Å². The minimum atomic E-state index is -3.59. The van der Waals surface area contributed by atoms with Crippen molar-refractivity contribution < 1.29 is 22.7 Å². The minimum Gasteiger partial charge on any atom is -0.486 e. The van der Waals surface area contributed by atoms with E-state index in [2.05, 4.69) is 10.5 Å². The van der Waals surface area contributed by atoms with Gasteiger partial charge in [0.1, 0.15) is 13.2 Å². The first-order chi connectivity index (χ1) is 14.4. The van der Waals surface area contributed by atoms with Crippen LogP contribution in [0.1, 0.15) is 35.7 Å². The molecule has 1 amide bonds. The molecule has 2 aliphatic heterocycles. The molecule has 9 heteroatoms. The Hall–Kier alpha value is -2.91. The summed E-state index contributed by atoms with van der Waals surface area (Å²) in [6.07, 6.45) is 1.71. The van der Waals surface area contributed by atoms with E-state index in [0.29, 0.717) is 43.5 Å². The number of carbonyl (C=O) groups excluding carboxylic acids is 1. The molecular formula is C21H23N3O5S. The Morgan fingerprint density at radius 2 is 1.73 bits per heavy atom. The van der Waals surface area contributed by atoms with Crippen LogP contribution in [0.2, 0.25) is 0 Å². The van der Waals surface area contributed by atoms with E-state index in [0.717, 1.165) is 18.4 Å². The Morgan fingerprint density at radius 3 is 2.50 bits per heavy atom. The van der Waals surface area contributed by atoms with E-state index in [1.54, 1.807) is 25.1 Å². The molecule has 2 aliphatic rings. The standard InChI is InChI=1S/C21H23N3O5S/c1-15(16-7-8-19-20(14-16)29-12-11-28-19)22-23-21(25)17-5-4-6-18(13-17)30(26,27)24-9-2-3-10-24/h4-8,13-14H,2-3,9-12H2,1H3,(H,23,25)/b22-15-. The second-order valence-electron chi connectivity index (χ2n) is 7.14. The Labute approximate surface area is 175 Å². The summed E-state index contributed by atoms with van der Waals surface area (Å²) in [6, 6.07) is 11.5. The zero-order valence-corrected chi connectivity index (χ0v) is 17.4. The summed E-state index contributed by atoms with van der Waals surface area (Å²) in [6.45, 7) is 3.79. The summed E-state index contributed by atoms with van der Waals surface area (Å²) in [7, 11) is -3.59. The number of hydrogen-bond acceptors (Lipinski definition) is 6. The zero-order chi connectivity index (χ0) is 21.1. The number of carbonyl (C=O) groups is 1. The number of fused-ring (bicyclic) bond motifs is 1. The number of sulfonamides is 1. The number of nitrogens with zero attached hydrogens (tertiary/aromatic N) is 2. The molecule has 1 fully saturated rings. The van der Waals surface area contributed by atoms with Gasteiger partial charge in [0.05, 0.1) is 10.6 Å². The van der Waals surface area contributed by atoms with Crippen molar-refractivity contribution in [3.8, 4) is 11.5 Å². The first-order valence-corrected chi connectivity index (χ1v) is 11.2. The Kier molecular flexibility index (Phi) is 5.74. The van der Waals surface area contributed by atoms with E-state index < -0.39 is 15.9 Å². The van der Waals surface area contributed by atoms with Crippen molar-refractivity contribution in [3.05, 3.63) is 53.6 Å². The number of hydrazone groups is 1. The molecular weight excluding hydrogens is 406 g/mol. The molecule has 0 spiro atoms. The maximum absolute atomic E-state index is 12.7. The smallest absolute Gasteiger partial charge is 0.271 e. The Balaban J connectivity index is 1.49. The van der Waals surface area contributed by atoms with E-state index in [1.807, 2.05) is 12.1 Å². The second kappa shape index (κ2) is 8.45. The highest BCUT2D eigenvalue weighted by atomic mass is 32.2. The fourth-order valence-corrected chi connectivity index (χ4v) is 4.97.